The summed E-state index contributed by atoms with van der Waals surface area (Å²) in [6, 6.07) is -0.708. The summed E-state index contributed by atoms with van der Waals surface area (Å²) in [4.78, 5) is 25.9. The van der Waals surface area contributed by atoms with E-state index < -0.39 is 18.2 Å². The number of aliphatic hydroxyl groups is 2. The van der Waals surface area contributed by atoms with Crippen LogP contribution < -0.4 is 5.32 Å². The zero-order chi connectivity index (χ0) is 41.0. The standard InChI is InChI=1S/C50H93NO5/c1-4-7-10-13-16-19-21-22-23-24-25-26-28-31-33-36-39-42-48(53)47(45-52)51-49(54)44-46(41-38-35-32-30-27-20-17-14-11-8-5-2)56-50(55)43-40-37-34-29-18-15-12-9-6-3/h8,11,14,17,20,27,46-48,52-53H,4-7,9-10,12-13,15-16,18-19,21-26,28-45H2,1-3H3,(H,51,54)/b11-8+,17-14+,27-20-. The van der Waals surface area contributed by atoms with Crippen molar-refractivity contribution in [1.29, 1.82) is 0 Å². The highest BCUT2D eigenvalue weighted by Gasteiger charge is 2.24. The first-order chi connectivity index (χ1) is 27.5. The smallest absolute Gasteiger partial charge is 0.306 e. The maximum Gasteiger partial charge on any atom is 0.306 e. The monoisotopic (exact) mass is 788 g/mol. The minimum absolute atomic E-state index is 0.0574. The number of hydrogen-bond donors (Lipinski definition) is 3. The molecule has 0 aromatic carbocycles. The number of carbonyl (C=O) groups excluding carboxylic acids is 2. The third-order valence-electron chi connectivity index (χ3n) is 11.0. The lowest BCUT2D eigenvalue weighted by Gasteiger charge is -2.24. The van der Waals surface area contributed by atoms with Gasteiger partial charge in [-0.05, 0) is 44.9 Å². The zero-order valence-corrected chi connectivity index (χ0v) is 37.3. The number of nitrogens with one attached hydrogen (secondary N) is 1. The van der Waals surface area contributed by atoms with Gasteiger partial charge in [-0.25, -0.2) is 0 Å². The highest BCUT2D eigenvalue weighted by Crippen LogP contribution is 2.18. The lowest BCUT2D eigenvalue weighted by Crippen LogP contribution is -2.46. The molecule has 0 aliphatic heterocycles. The second-order valence-corrected chi connectivity index (χ2v) is 16.6. The van der Waals surface area contributed by atoms with E-state index in [2.05, 4.69) is 50.4 Å². The minimum Gasteiger partial charge on any atom is -0.462 e. The van der Waals surface area contributed by atoms with Crippen molar-refractivity contribution in [3.63, 3.8) is 0 Å². The van der Waals surface area contributed by atoms with Crippen LogP contribution >= 0.6 is 0 Å². The molecule has 0 aliphatic carbocycles. The van der Waals surface area contributed by atoms with Gasteiger partial charge in [0.1, 0.15) is 6.10 Å². The van der Waals surface area contributed by atoms with E-state index >= 15 is 0 Å². The van der Waals surface area contributed by atoms with Gasteiger partial charge in [0.25, 0.3) is 0 Å². The van der Waals surface area contributed by atoms with Crippen LogP contribution in [0.5, 0.6) is 0 Å². The Morgan fingerprint density at radius 2 is 0.964 bits per heavy atom. The molecule has 6 heteroatoms. The first kappa shape index (κ1) is 54.1. The maximum absolute atomic E-state index is 13.1. The zero-order valence-electron chi connectivity index (χ0n) is 37.3. The van der Waals surface area contributed by atoms with Crippen LogP contribution in [0.4, 0.5) is 0 Å². The lowest BCUT2D eigenvalue weighted by atomic mass is 10.0. The first-order valence-electron chi connectivity index (χ1n) is 24.2. The van der Waals surface area contributed by atoms with E-state index in [4.69, 9.17) is 4.74 Å². The van der Waals surface area contributed by atoms with Gasteiger partial charge in [-0.2, -0.15) is 0 Å². The molecule has 0 saturated carbocycles. The number of hydrogen-bond acceptors (Lipinski definition) is 5. The Hall–Kier alpha value is -1.92. The molecule has 3 atom stereocenters. The van der Waals surface area contributed by atoms with Gasteiger partial charge < -0.3 is 20.3 Å². The van der Waals surface area contributed by atoms with Crippen LogP contribution in [-0.2, 0) is 14.3 Å². The molecule has 3 unspecified atom stereocenters. The molecule has 6 nitrogen and oxygen atoms in total. The summed E-state index contributed by atoms with van der Waals surface area (Å²) in [5.41, 5.74) is 0. The number of amides is 1. The second kappa shape index (κ2) is 44.2. The van der Waals surface area contributed by atoms with Crippen molar-refractivity contribution >= 4 is 11.9 Å². The molecule has 0 spiro atoms. The summed E-state index contributed by atoms with van der Waals surface area (Å²) >= 11 is 0. The fourth-order valence-electron chi connectivity index (χ4n) is 7.37. The first-order valence-corrected chi connectivity index (χ1v) is 24.2. The van der Waals surface area contributed by atoms with Gasteiger partial charge >= 0.3 is 5.97 Å². The number of aliphatic hydroxyl groups excluding tert-OH is 2. The summed E-state index contributed by atoms with van der Waals surface area (Å²) < 4.78 is 5.87. The molecule has 328 valence electrons. The predicted molar refractivity (Wildman–Crippen MR) is 241 cm³/mol. The van der Waals surface area contributed by atoms with Crippen molar-refractivity contribution in [2.75, 3.05) is 6.61 Å². The van der Waals surface area contributed by atoms with Crippen molar-refractivity contribution < 1.29 is 24.5 Å². The van der Waals surface area contributed by atoms with Crippen LogP contribution in [0.15, 0.2) is 36.5 Å². The molecular formula is C50H93NO5. The molecule has 56 heavy (non-hydrogen) atoms. The SMILES string of the molecule is CC/C=C/C=C/C=C\CCCCCC(CC(=O)NC(CO)C(O)CCCCCCCCCCCCCCCCCCC)OC(=O)CCCCCCCCCCC. The molecule has 0 aliphatic rings. The number of esters is 1. The van der Waals surface area contributed by atoms with Gasteiger partial charge in [0.05, 0.1) is 25.2 Å². The van der Waals surface area contributed by atoms with E-state index in [1.807, 2.05) is 12.2 Å². The number of unbranched alkanes of at least 4 members (excludes halogenated alkanes) is 27. The van der Waals surface area contributed by atoms with Gasteiger partial charge in [-0.15, -0.1) is 0 Å². The Bertz CT molecular complexity index is 930. The molecule has 1 amide bonds. The molecule has 0 fully saturated rings. The average Bonchev–Trinajstić information content (AvgIpc) is 3.19. The molecular weight excluding hydrogens is 695 g/mol. The number of ether oxygens (including phenoxy) is 1. The van der Waals surface area contributed by atoms with Crippen LogP contribution in [0.1, 0.15) is 245 Å². The summed E-state index contributed by atoms with van der Waals surface area (Å²) in [6.07, 6.45) is 50.7. The van der Waals surface area contributed by atoms with E-state index in [1.54, 1.807) is 0 Å². The molecule has 0 saturated heterocycles. The highest BCUT2D eigenvalue weighted by molar-refractivity contribution is 5.77. The summed E-state index contributed by atoms with van der Waals surface area (Å²) in [6.45, 7) is 6.32. The van der Waals surface area contributed by atoms with Crippen molar-refractivity contribution in [3.05, 3.63) is 36.5 Å². The van der Waals surface area contributed by atoms with Crippen molar-refractivity contribution in [1.82, 2.24) is 5.32 Å². The molecule has 0 aromatic heterocycles. The van der Waals surface area contributed by atoms with E-state index in [0.717, 1.165) is 70.6 Å². The average molecular weight is 788 g/mol. The third-order valence-corrected chi connectivity index (χ3v) is 11.0. The fourth-order valence-corrected chi connectivity index (χ4v) is 7.37. The highest BCUT2D eigenvalue weighted by atomic mass is 16.5. The Morgan fingerprint density at radius 1 is 0.536 bits per heavy atom. The molecule has 0 rings (SSSR count). The second-order valence-electron chi connectivity index (χ2n) is 16.6. The quantitative estimate of drug-likeness (QED) is 0.0325. The number of allylic oxidation sites excluding steroid dienone is 6. The Kier molecular flexibility index (Phi) is 42.7. The molecule has 0 bridgehead atoms. The number of carbonyl (C=O) groups is 2. The van der Waals surface area contributed by atoms with E-state index in [0.29, 0.717) is 19.3 Å². The summed E-state index contributed by atoms with van der Waals surface area (Å²) in [5, 5.41) is 23.7. The van der Waals surface area contributed by atoms with Crippen molar-refractivity contribution in [3.8, 4) is 0 Å². The van der Waals surface area contributed by atoms with Gasteiger partial charge in [0, 0.05) is 6.42 Å². The van der Waals surface area contributed by atoms with E-state index in [1.165, 1.54) is 128 Å². The van der Waals surface area contributed by atoms with Crippen LogP contribution in [0.3, 0.4) is 0 Å². The van der Waals surface area contributed by atoms with E-state index in [9.17, 15) is 19.8 Å². The van der Waals surface area contributed by atoms with Crippen molar-refractivity contribution in [2.24, 2.45) is 0 Å². The fraction of sp³-hybridized carbons (Fsp3) is 0.840. The lowest BCUT2D eigenvalue weighted by molar-refractivity contribution is -0.151. The Balaban J connectivity index is 4.46. The van der Waals surface area contributed by atoms with Crippen LogP contribution in [0.25, 0.3) is 0 Å². The summed E-state index contributed by atoms with van der Waals surface area (Å²) in [5.74, 6) is -0.506. The molecule has 0 radical (unpaired) electrons. The Morgan fingerprint density at radius 3 is 1.45 bits per heavy atom. The van der Waals surface area contributed by atoms with Gasteiger partial charge in [-0.3, -0.25) is 9.59 Å². The maximum atomic E-state index is 13.1. The van der Waals surface area contributed by atoms with Gasteiger partial charge in [-0.1, -0.05) is 224 Å². The van der Waals surface area contributed by atoms with Crippen molar-refractivity contribution in [2.45, 2.75) is 264 Å². The van der Waals surface area contributed by atoms with Crippen LogP contribution in [0.2, 0.25) is 0 Å². The predicted octanol–water partition coefficient (Wildman–Crippen LogP) is 14.1. The number of rotatable bonds is 43. The topological polar surface area (TPSA) is 95.9 Å². The Labute approximate surface area is 347 Å². The summed E-state index contributed by atoms with van der Waals surface area (Å²) in [7, 11) is 0. The van der Waals surface area contributed by atoms with Gasteiger partial charge in [0.15, 0.2) is 0 Å². The third kappa shape index (κ3) is 38.9. The molecule has 0 heterocycles. The largest absolute Gasteiger partial charge is 0.462 e. The van der Waals surface area contributed by atoms with Gasteiger partial charge in [0.2, 0.25) is 5.91 Å². The van der Waals surface area contributed by atoms with Crippen LogP contribution in [-0.4, -0.2) is 46.9 Å². The molecule has 0 aromatic rings. The molecule has 3 N–H and O–H groups in total. The normalized spacial score (nSPS) is 13.6. The van der Waals surface area contributed by atoms with E-state index in [-0.39, 0.29) is 24.9 Å². The van der Waals surface area contributed by atoms with Crippen LogP contribution in [0, 0.1) is 0 Å². The minimum atomic E-state index is -0.793.